The minimum absolute atomic E-state index is 0.667. The Morgan fingerprint density at radius 3 is 2.85 bits per heavy atom. The highest BCUT2D eigenvalue weighted by Crippen LogP contribution is 2.54. The van der Waals surface area contributed by atoms with Gasteiger partial charge in [0.2, 0.25) is 7.58 Å². The molecule has 7 heteroatoms. The van der Waals surface area contributed by atoms with Gasteiger partial charge in [0.15, 0.2) is 5.11 Å². The Morgan fingerprint density at radius 2 is 2.23 bits per heavy atom. The molecule has 0 spiro atoms. The Labute approximate surface area is 88.8 Å². The second kappa shape index (κ2) is 6.79. The summed E-state index contributed by atoms with van der Waals surface area (Å²) in [4.78, 5) is 0. The predicted octanol–water partition coefficient (Wildman–Crippen LogP) is 1.09. The predicted molar refractivity (Wildman–Crippen MR) is 60.9 cm³/mol. The van der Waals surface area contributed by atoms with E-state index in [1.165, 1.54) is 0 Å². The van der Waals surface area contributed by atoms with Crippen molar-refractivity contribution in [1.82, 2.24) is 10.6 Å². The van der Waals surface area contributed by atoms with Gasteiger partial charge in [0.05, 0.1) is 13.2 Å². The fourth-order valence-electron chi connectivity index (χ4n) is 0.709. The van der Waals surface area contributed by atoms with Gasteiger partial charge < -0.3 is 19.7 Å². The topological polar surface area (TPSA) is 42.5 Å². The lowest BCUT2D eigenvalue weighted by Crippen LogP contribution is -2.33. The van der Waals surface area contributed by atoms with E-state index in [0.29, 0.717) is 5.11 Å². The SMILES string of the molecule is CNC(=S)NCCSP1OCCO1. The fourth-order valence-corrected chi connectivity index (χ4v) is 3.44. The Balaban J connectivity index is 1.91. The van der Waals surface area contributed by atoms with E-state index in [9.17, 15) is 0 Å². The molecule has 4 nitrogen and oxygen atoms in total. The van der Waals surface area contributed by atoms with Crippen LogP contribution in [0.5, 0.6) is 0 Å². The van der Waals surface area contributed by atoms with Crippen molar-refractivity contribution in [1.29, 1.82) is 0 Å². The van der Waals surface area contributed by atoms with Crippen LogP contribution in [0.1, 0.15) is 0 Å². The summed E-state index contributed by atoms with van der Waals surface area (Å²) in [6.07, 6.45) is 0. The number of hydrogen-bond acceptors (Lipinski definition) is 4. The van der Waals surface area contributed by atoms with Crippen LogP contribution in [-0.2, 0) is 9.05 Å². The zero-order valence-corrected chi connectivity index (χ0v) is 9.94. The molecule has 1 heterocycles. The lowest BCUT2D eigenvalue weighted by Gasteiger charge is -2.08. The summed E-state index contributed by atoms with van der Waals surface area (Å²) in [6.45, 7) is 2.32. The third kappa shape index (κ3) is 4.98. The number of nitrogens with one attached hydrogen (secondary N) is 2. The van der Waals surface area contributed by atoms with Crippen molar-refractivity contribution in [2.75, 3.05) is 32.6 Å². The standard InChI is InChI=1S/C6H13N2O2PS2/c1-7-6(12)8-2-5-13-11-9-3-4-10-11/h2-5H2,1H3,(H2,7,8,12). The van der Waals surface area contributed by atoms with E-state index < -0.39 is 7.58 Å². The third-order valence-corrected chi connectivity index (χ3v) is 4.83. The third-order valence-electron chi connectivity index (χ3n) is 1.29. The van der Waals surface area contributed by atoms with Gasteiger partial charge in [-0.1, -0.05) is 11.4 Å². The van der Waals surface area contributed by atoms with Crippen molar-refractivity contribution in [3.05, 3.63) is 0 Å². The van der Waals surface area contributed by atoms with E-state index in [0.717, 1.165) is 25.5 Å². The van der Waals surface area contributed by atoms with Gasteiger partial charge in [0.1, 0.15) is 0 Å². The monoisotopic (exact) mass is 240 g/mol. The normalized spacial score (nSPS) is 17.3. The van der Waals surface area contributed by atoms with Gasteiger partial charge in [0, 0.05) is 19.3 Å². The number of thiocarbonyl (C=S) groups is 1. The molecule has 1 aliphatic rings. The van der Waals surface area contributed by atoms with E-state index in [2.05, 4.69) is 10.6 Å². The molecule has 0 aliphatic carbocycles. The van der Waals surface area contributed by atoms with Crippen LogP contribution < -0.4 is 10.6 Å². The maximum atomic E-state index is 5.32. The highest BCUT2D eigenvalue weighted by molar-refractivity contribution is 8.52. The average Bonchev–Trinajstić information content (AvgIpc) is 2.64. The molecule has 1 aliphatic heterocycles. The van der Waals surface area contributed by atoms with Crippen LogP contribution in [0.2, 0.25) is 0 Å². The van der Waals surface area contributed by atoms with Crippen molar-refractivity contribution in [3.8, 4) is 0 Å². The molecule has 0 aromatic heterocycles. The van der Waals surface area contributed by atoms with Crippen LogP contribution in [0.3, 0.4) is 0 Å². The van der Waals surface area contributed by atoms with Gasteiger partial charge in [0.25, 0.3) is 0 Å². The summed E-state index contributed by atoms with van der Waals surface area (Å²) < 4.78 is 10.6. The molecule has 1 rings (SSSR count). The van der Waals surface area contributed by atoms with Crippen molar-refractivity contribution in [3.63, 3.8) is 0 Å². The molecule has 0 saturated carbocycles. The smallest absolute Gasteiger partial charge is 0.238 e. The quantitative estimate of drug-likeness (QED) is 0.435. The van der Waals surface area contributed by atoms with Crippen molar-refractivity contribution in [2.24, 2.45) is 0 Å². The second-order valence-corrected chi connectivity index (χ2v) is 5.94. The van der Waals surface area contributed by atoms with Crippen molar-refractivity contribution in [2.45, 2.75) is 0 Å². The van der Waals surface area contributed by atoms with Gasteiger partial charge in [-0.15, -0.1) is 0 Å². The first kappa shape index (κ1) is 11.5. The molecular weight excluding hydrogens is 227 g/mol. The summed E-state index contributed by atoms with van der Waals surface area (Å²) in [6, 6.07) is 0. The highest BCUT2D eigenvalue weighted by atomic mass is 32.7. The molecule has 2 N–H and O–H groups in total. The molecule has 0 bridgehead atoms. The molecular formula is C6H13N2O2PS2. The van der Waals surface area contributed by atoms with Crippen LogP contribution in [0, 0.1) is 0 Å². The summed E-state index contributed by atoms with van der Waals surface area (Å²) in [5.74, 6) is 0.952. The second-order valence-electron chi connectivity index (χ2n) is 2.23. The van der Waals surface area contributed by atoms with Gasteiger partial charge in [-0.05, 0) is 12.2 Å². The Morgan fingerprint density at radius 1 is 1.54 bits per heavy atom. The van der Waals surface area contributed by atoms with Gasteiger partial charge in [-0.2, -0.15) is 0 Å². The van der Waals surface area contributed by atoms with Crippen LogP contribution in [0.15, 0.2) is 0 Å². The first-order chi connectivity index (χ1) is 6.33. The summed E-state index contributed by atoms with van der Waals surface area (Å²) in [5.41, 5.74) is 0. The van der Waals surface area contributed by atoms with E-state index in [1.807, 2.05) is 0 Å². The van der Waals surface area contributed by atoms with Gasteiger partial charge in [-0.3, -0.25) is 0 Å². The maximum absolute atomic E-state index is 5.32. The molecule has 0 aromatic rings. The zero-order valence-electron chi connectivity index (χ0n) is 7.41. The molecule has 1 saturated heterocycles. The first-order valence-corrected chi connectivity index (χ1v) is 7.15. The maximum Gasteiger partial charge on any atom is 0.238 e. The molecule has 0 radical (unpaired) electrons. The van der Waals surface area contributed by atoms with Crippen LogP contribution in [-0.4, -0.2) is 37.7 Å². The molecule has 0 atom stereocenters. The highest BCUT2D eigenvalue weighted by Gasteiger charge is 2.16. The Bertz CT molecular complexity index is 167. The van der Waals surface area contributed by atoms with Crippen LogP contribution in [0.4, 0.5) is 0 Å². The molecule has 76 valence electrons. The van der Waals surface area contributed by atoms with E-state index in [-0.39, 0.29) is 0 Å². The summed E-state index contributed by atoms with van der Waals surface area (Å²) >= 11 is 6.62. The average molecular weight is 240 g/mol. The Hall–Kier alpha value is 0.390. The fraction of sp³-hybridized carbons (Fsp3) is 0.833. The molecule has 0 unspecified atom stereocenters. The van der Waals surface area contributed by atoms with Crippen LogP contribution >= 0.6 is 31.2 Å². The lowest BCUT2D eigenvalue weighted by molar-refractivity contribution is 0.365. The van der Waals surface area contributed by atoms with Gasteiger partial charge in [-0.25, -0.2) is 0 Å². The van der Waals surface area contributed by atoms with Crippen molar-refractivity contribution >= 4 is 36.3 Å². The van der Waals surface area contributed by atoms with E-state index in [4.69, 9.17) is 21.3 Å². The van der Waals surface area contributed by atoms with Crippen LogP contribution in [0.25, 0.3) is 0 Å². The number of rotatable bonds is 4. The molecule has 13 heavy (non-hydrogen) atoms. The zero-order chi connectivity index (χ0) is 9.52. The lowest BCUT2D eigenvalue weighted by atomic mass is 10.7. The summed E-state index contributed by atoms with van der Waals surface area (Å²) in [7, 11) is 1.13. The number of hydrogen-bond donors (Lipinski definition) is 2. The summed E-state index contributed by atoms with van der Waals surface area (Å²) in [5, 5.41) is 6.58. The molecule has 1 fully saturated rings. The minimum atomic E-state index is -0.667. The largest absolute Gasteiger partial charge is 0.366 e. The minimum Gasteiger partial charge on any atom is -0.366 e. The molecule has 0 amide bonds. The Kier molecular flexibility index (Phi) is 5.98. The van der Waals surface area contributed by atoms with E-state index >= 15 is 0 Å². The first-order valence-electron chi connectivity index (χ1n) is 3.97. The van der Waals surface area contributed by atoms with Gasteiger partial charge >= 0.3 is 0 Å². The van der Waals surface area contributed by atoms with Crippen molar-refractivity contribution < 1.29 is 9.05 Å². The van der Waals surface area contributed by atoms with E-state index in [1.54, 1.807) is 18.4 Å². The molecule has 0 aromatic carbocycles.